The van der Waals surface area contributed by atoms with Gasteiger partial charge in [0.1, 0.15) is 0 Å². The number of amides is 1. The lowest BCUT2D eigenvalue weighted by molar-refractivity contribution is -0.127. The Morgan fingerprint density at radius 2 is 2.00 bits per heavy atom. The maximum atomic E-state index is 11.7. The minimum atomic E-state index is -0.324. The van der Waals surface area contributed by atoms with Crippen molar-refractivity contribution in [3.63, 3.8) is 0 Å². The number of carbonyl (C=O) groups is 1. The Balaban J connectivity index is 1.86. The van der Waals surface area contributed by atoms with Gasteiger partial charge < -0.3 is 10.4 Å². The van der Waals surface area contributed by atoms with Gasteiger partial charge in [0.25, 0.3) is 0 Å². The summed E-state index contributed by atoms with van der Waals surface area (Å²) in [6.07, 6.45) is 5.66. The molecule has 2 aliphatic rings. The van der Waals surface area contributed by atoms with Gasteiger partial charge in [0.2, 0.25) is 5.91 Å². The fourth-order valence-electron chi connectivity index (χ4n) is 2.04. The lowest BCUT2D eigenvalue weighted by Gasteiger charge is -2.29. The van der Waals surface area contributed by atoms with Crippen molar-refractivity contribution in [2.75, 3.05) is 0 Å². The highest BCUT2D eigenvalue weighted by molar-refractivity contribution is 5.85. The molecule has 0 spiro atoms. The Bertz CT molecular complexity index is 235. The molecule has 2 unspecified atom stereocenters. The molecule has 2 fully saturated rings. The van der Waals surface area contributed by atoms with Crippen LogP contribution in [0.3, 0.4) is 0 Å². The number of aliphatic hydroxyl groups is 1. The van der Waals surface area contributed by atoms with E-state index in [-0.39, 0.29) is 23.5 Å². The molecular weight excluding hydrogens is 178 g/mol. The molecule has 0 aromatic carbocycles. The van der Waals surface area contributed by atoms with Gasteiger partial charge in [0, 0.05) is 5.41 Å². The van der Waals surface area contributed by atoms with E-state index in [9.17, 15) is 9.90 Å². The quantitative estimate of drug-likeness (QED) is 0.699. The molecule has 0 aromatic heterocycles. The number of hydrogen-bond donors (Lipinski definition) is 2. The van der Waals surface area contributed by atoms with E-state index in [2.05, 4.69) is 5.32 Å². The zero-order valence-corrected chi connectivity index (χ0v) is 8.75. The van der Waals surface area contributed by atoms with Crippen LogP contribution in [0.5, 0.6) is 0 Å². The largest absolute Gasteiger partial charge is 0.391 e. The highest BCUT2D eigenvalue weighted by atomic mass is 16.3. The summed E-state index contributed by atoms with van der Waals surface area (Å²) in [6.45, 7) is 2.00. The lowest BCUT2D eigenvalue weighted by Crippen LogP contribution is -2.47. The summed E-state index contributed by atoms with van der Waals surface area (Å²) in [5.41, 5.74) is -0.114. The van der Waals surface area contributed by atoms with E-state index in [1.807, 2.05) is 6.92 Å². The Hall–Kier alpha value is -0.570. The van der Waals surface area contributed by atoms with Gasteiger partial charge in [-0.2, -0.15) is 0 Å². The summed E-state index contributed by atoms with van der Waals surface area (Å²) in [4.78, 5) is 11.7. The van der Waals surface area contributed by atoms with Gasteiger partial charge in [-0.1, -0.05) is 19.8 Å². The second-order valence-electron chi connectivity index (χ2n) is 4.99. The van der Waals surface area contributed by atoms with Crippen LogP contribution in [0, 0.1) is 5.41 Å². The van der Waals surface area contributed by atoms with Gasteiger partial charge >= 0.3 is 0 Å². The molecule has 3 nitrogen and oxygen atoms in total. The Kier molecular flexibility index (Phi) is 2.52. The van der Waals surface area contributed by atoms with Crippen LogP contribution in [0.4, 0.5) is 0 Å². The summed E-state index contributed by atoms with van der Waals surface area (Å²) >= 11 is 0. The Morgan fingerprint density at radius 1 is 1.36 bits per heavy atom. The topological polar surface area (TPSA) is 49.3 Å². The molecule has 0 heterocycles. The van der Waals surface area contributed by atoms with Gasteiger partial charge in [-0.15, -0.1) is 0 Å². The Labute approximate surface area is 84.9 Å². The van der Waals surface area contributed by atoms with Crippen molar-refractivity contribution in [2.24, 2.45) is 5.41 Å². The van der Waals surface area contributed by atoms with E-state index in [1.165, 1.54) is 0 Å². The zero-order valence-electron chi connectivity index (χ0n) is 8.75. The molecule has 2 saturated carbocycles. The number of rotatable bonds is 2. The Morgan fingerprint density at radius 3 is 2.57 bits per heavy atom. The predicted octanol–water partition coefficient (Wildman–Crippen LogP) is 1.21. The van der Waals surface area contributed by atoms with Crippen molar-refractivity contribution in [3.05, 3.63) is 0 Å². The number of hydrogen-bond acceptors (Lipinski definition) is 2. The summed E-state index contributed by atoms with van der Waals surface area (Å²) in [5.74, 6) is 0.142. The second kappa shape index (κ2) is 3.54. The van der Waals surface area contributed by atoms with Gasteiger partial charge in [-0.25, -0.2) is 0 Å². The first-order valence-electron chi connectivity index (χ1n) is 5.61. The molecule has 0 radical (unpaired) electrons. The number of nitrogens with one attached hydrogen (secondary N) is 1. The second-order valence-corrected chi connectivity index (χ2v) is 4.99. The average molecular weight is 197 g/mol. The lowest BCUT2D eigenvalue weighted by atomic mass is 9.92. The van der Waals surface area contributed by atoms with Crippen molar-refractivity contribution in [1.82, 2.24) is 5.32 Å². The SMILES string of the molecule is CC1(C(=O)NC2CCCCC2O)CC1. The highest BCUT2D eigenvalue weighted by Crippen LogP contribution is 2.45. The third-order valence-corrected chi connectivity index (χ3v) is 3.59. The standard InChI is InChI=1S/C11H19NO2/c1-11(6-7-11)10(14)12-8-4-2-3-5-9(8)13/h8-9,13H,2-7H2,1H3,(H,12,14). The van der Waals surface area contributed by atoms with Crippen molar-refractivity contribution >= 4 is 5.91 Å². The van der Waals surface area contributed by atoms with E-state index in [0.717, 1.165) is 38.5 Å². The third kappa shape index (κ3) is 1.92. The van der Waals surface area contributed by atoms with Crippen LogP contribution in [0.2, 0.25) is 0 Å². The third-order valence-electron chi connectivity index (χ3n) is 3.59. The summed E-state index contributed by atoms with van der Waals surface area (Å²) < 4.78 is 0. The van der Waals surface area contributed by atoms with Crippen molar-refractivity contribution in [1.29, 1.82) is 0 Å². The van der Waals surface area contributed by atoms with E-state index in [1.54, 1.807) is 0 Å². The summed E-state index contributed by atoms with van der Waals surface area (Å²) in [5, 5.41) is 12.7. The average Bonchev–Trinajstić information content (AvgIpc) is 2.89. The van der Waals surface area contributed by atoms with Gasteiger partial charge in [0.05, 0.1) is 12.1 Å². The molecular formula is C11H19NO2. The molecule has 0 aromatic rings. The van der Waals surface area contributed by atoms with Gasteiger partial charge in [0.15, 0.2) is 0 Å². The van der Waals surface area contributed by atoms with Crippen LogP contribution in [-0.4, -0.2) is 23.2 Å². The molecule has 0 aliphatic heterocycles. The first-order valence-corrected chi connectivity index (χ1v) is 5.61. The van der Waals surface area contributed by atoms with E-state index in [0.29, 0.717) is 0 Å². The first-order chi connectivity index (χ1) is 6.62. The van der Waals surface area contributed by atoms with Crippen LogP contribution >= 0.6 is 0 Å². The van der Waals surface area contributed by atoms with Crippen molar-refractivity contribution < 1.29 is 9.90 Å². The van der Waals surface area contributed by atoms with E-state index < -0.39 is 0 Å². The molecule has 14 heavy (non-hydrogen) atoms. The number of carbonyl (C=O) groups excluding carboxylic acids is 1. The molecule has 0 saturated heterocycles. The molecule has 2 rings (SSSR count). The summed E-state index contributed by atoms with van der Waals surface area (Å²) in [6, 6.07) is 0.00803. The predicted molar refractivity (Wildman–Crippen MR) is 53.7 cm³/mol. The fourth-order valence-corrected chi connectivity index (χ4v) is 2.04. The zero-order chi connectivity index (χ0) is 10.2. The smallest absolute Gasteiger partial charge is 0.226 e. The summed E-state index contributed by atoms with van der Waals surface area (Å²) in [7, 11) is 0. The highest BCUT2D eigenvalue weighted by Gasteiger charge is 2.45. The van der Waals surface area contributed by atoms with Crippen LogP contribution in [0.1, 0.15) is 45.4 Å². The van der Waals surface area contributed by atoms with Crippen LogP contribution in [-0.2, 0) is 4.79 Å². The molecule has 80 valence electrons. The first kappa shape index (κ1) is 9.97. The molecule has 3 heteroatoms. The minimum Gasteiger partial charge on any atom is -0.391 e. The maximum Gasteiger partial charge on any atom is 0.226 e. The molecule has 0 bridgehead atoms. The van der Waals surface area contributed by atoms with Crippen LogP contribution < -0.4 is 5.32 Å². The molecule has 2 aliphatic carbocycles. The van der Waals surface area contributed by atoms with Crippen LogP contribution in [0.15, 0.2) is 0 Å². The fraction of sp³-hybridized carbons (Fsp3) is 0.909. The maximum absolute atomic E-state index is 11.7. The minimum absolute atomic E-state index is 0.00803. The normalized spacial score (nSPS) is 35.0. The van der Waals surface area contributed by atoms with Crippen molar-refractivity contribution in [2.45, 2.75) is 57.6 Å². The molecule has 2 atom stereocenters. The number of aliphatic hydroxyl groups excluding tert-OH is 1. The van der Waals surface area contributed by atoms with Crippen molar-refractivity contribution in [3.8, 4) is 0 Å². The molecule has 2 N–H and O–H groups in total. The monoisotopic (exact) mass is 197 g/mol. The van der Waals surface area contributed by atoms with Crippen LogP contribution in [0.25, 0.3) is 0 Å². The van der Waals surface area contributed by atoms with Gasteiger partial charge in [-0.3, -0.25) is 4.79 Å². The van der Waals surface area contributed by atoms with Gasteiger partial charge in [-0.05, 0) is 25.7 Å². The molecule has 1 amide bonds. The van der Waals surface area contributed by atoms with E-state index in [4.69, 9.17) is 0 Å². The van der Waals surface area contributed by atoms with E-state index >= 15 is 0 Å².